The monoisotopic (exact) mass is 232 g/mol. The molecule has 1 aliphatic carbocycles. The van der Waals surface area contributed by atoms with E-state index in [1.54, 1.807) is 0 Å². The normalized spacial score (nSPS) is 24.6. The van der Waals surface area contributed by atoms with Crippen molar-refractivity contribution in [1.29, 1.82) is 0 Å². The number of anilines is 1. The van der Waals surface area contributed by atoms with Crippen LogP contribution in [-0.4, -0.2) is 11.0 Å². The number of rotatable bonds is 4. The molecular weight excluding hydrogens is 208 g/mol. The highest BCUT2D eigenvalue weighted by Crippen LogP contribution is 2.29. The first-order chi connectivity index (χ1) is 8.29. The maximum Gasteiger partial charge on any atom is 0.0603 e. The topological polar surface area (TPSA) is 24.9 Å². The lowest BCUT2D eigenvalue weighted by molar-refractivity contribution is 0.319. The maximum atomic E-state index is 4.33. The first-order valence-electron chi connectivity index (χ1n) is 6.97. The number of aryl methyl sites for hydroxylation is 1. The maximum absolute atomic E-state index is 4.33. The Labute approximate surface area is 105 Å². The zero-order valence-electron chi connectivity index (χ0n) is 11.1. The van der Waals surface area contributed by atoms with Crippen LogP contribution in [0, 0.1) is 12.8 Å². The van der Waals surface area contributed by atoms with Crippen molar-refractivity contribution in [3.63, 3.8) is 0 Å². The fourth-order valence-electron chi connectivity index (χ4n) is 2.86. The minimum atomic E-state index is 0.658. The summed E-state index contributed by atoms with van der Waals surface area (Å²) < 4.78 is 0. The van der Waals surface area contributed by atoms with Gasteiger partial charge in [-0.1, -0.05) is 19.8 Å². The van der Waals surface area contributed by atoms with Crippen LogP contribution in [0.25, 0.3) is 0 Å². The molecule has 0 saturated heterocycles. The fourth-order valence-corrected chi connectivity index (χ4v) is 2.86. The molecule has 0 aromatic carbocycles. The molecule has 0 unspecified atom stereocenters. The molecular formula is C15H24N2. The van der Waals surface area contributed by atoms with Crippen molar-refractivity contribution in [1.82, 2.24) is 4.98 Å². The van der Waals surface area contributed by atoms with Gasteiger partial charge in [-0.05, 0) is 50.7 Å². The van der Waals surface area contributed by atoms with Crippen LogP contribution >= 0.6 is 0 Å². The van der Waals surface area contributed by atoms with E-state index in [-0.39, 0.29) is 0 Å². The molecule has 17 heavy (non-hydrogen) atoms. The molecule has 2 rings (SSSR count). The molecule has 1 fully saturated rings. The Kier molecular flexibility index (Phi) is 4.41. The predicted molar refractivity (Wildman–Crippen MR) is 73.3 cm³/mol. The van der Waals surface area contributed by atoms with Crippen LogP contribution in [0.5, 0.6) is 0 Å². The van der Waals surface area contributed by atoms with E-state index in [1.165, 1.54) is 44.2 Å². The van der Waals surface area contributed by atoms with Gasteiger partial charge in [0.15, 0.2) is 0 Å². The van der Waals surface area contributed by atoms with Gasteiger partial charge in [-0.25, -0.2) is 0 Å². The van der Waals surface area contributed by atoms with Gasteiger partial charge in [0, 0.05) is 12.2 Å². The van der Waals surface area contributed by atoms with Gasteiger partial charge in [0.05, 0.1) is 11.4 Å². The van der Waals surface area contributed by atoms with Gasteiger partial charge in [-0.2, -0.15) is 0 Å². The summed E-state index contributed by atoms with van der Waals surface area (Å²) in [7, 11) is 0. The lowest BCUT2D eigenvalue weighted by Crippen LogP contribution is -2.26. The third-order valence-corrected chi connectivity index (χ3v) is 3.91. The van der Waals surface area contributed by atoms with E-state index in [9.17, 15) is 0 Å². The fraction of sp³-hybridized carbons (Fsp3) is 0.667. The van der Waals surface area contributed by atoms with E-state index >= 15 is 0 Å². The van der Waals surface area contributed by atoms with Crippen LogP contribution in [0.15, 0.2) is 18.3 Å². The van der Waals surface area contributed by atoms with Crippen LogP contribution in [0.1, 0.15) is 51.1 Å². The molecule has 94 valence electrons. The quantitative estimate of drug-likeness (QED) is 0.843. The van der Waals surface area contributed by atoms with Crippen molar-refractivity contribution in [2.75, 3.05) is 5.32 Å². The second-order valence-corrected chi connectivity index (χ2v) is 5.29. The molecule has 0 radical (unpaired) electrons. The number of nitrogens with zero attached hydrogens (tertiary/aromatic N) is 1. The molecule has 0 bridgehead atoms. The van der Waals surface area contributed by atoms with E-state index in [4.69, 9.17) is 0 Å². The van der Waals surface area contributed by atoms with Gasteiger partial charge in [0.1, 0.15) is 0 Å². The molecule has 2 heteroatoms. The SMILES string of the molecule is CCCC1CCC(Nc2cccnc2C)CC1. The van der Waals surface area contributed by atoms with Gasteiger partial charge in [-0.15, -0.1) is 0 Å². The Morgan fingerprint density at radius 2 is 2.06 bits per heavy atom. The van der Waals surface area contributed by atoms with E-state index in [0.29, 0.717) is 6.04 Å². The second kappa shape index (κ2) is 6.04. The Morgan fingerprint density at radius 3 is 2.71 bits per heavy atom. The van der Waals surface area contributed by atoms with E-state index < -0.39 is 0 Å². The Bertz CT molecular complexity index is 341. The third-order valence-electron chi connectivity index (χ3n) is 3.91. The number of nitrogens with one attached hydrogen (secondary N) is 1. The molecule has 1 heterocycles. The molecule has 0 amide bonds. The van der Waals surface area contributed by atoms with Crippen molar-refractivity contribution < 1.29 is 0 Å². The van der Waals surface area contributed by atoms with Crippen molar-refractivity contribution in [3.8, 4) is 0 Å². The van der Waals surface area contributed by atoms with Crippen molar-refractivity contribution in [2.24, 2.45) is 5.92 Å². The van der Waals surface area contributed by atoms with Crippen LogP contribution < -0.4 is 5.32 Å². The first kappa shape index (κ1) is 12.4. The van der Waals surface area contributed by atoms with E-state index in [2.05, 4.69) is 30.2 Å². The van der Waals surface area contributed by atoms with Crippen molar-refractivity contribution >= 4 is 5.69 Å². The first-order valence-corrected chi connectivity index (χ1v) is 6.97. The highest BCUT2D eigenvalue weighted by atomic mass is 14.9. The number of aromatic nitrogens is 1. The Hall–Kier alpha value is -1.05. The van der Waals surface area contributed by atoms with Crippen molar-refractivity contribution in [2.45, 2.75) is 58.4 Å². The summed E-state index contributed by atoms with van der Waals surface area (Å²) in [5, 5.41) is 3.65. The molecule has 0 spiro atoms. The van der Waals surface area contributed by atoms with E-state index in [0.717, 1.165) is 11.6 Å². The minimum absolute atomic E-state index is 0.658. The van der Waals surface area contributed by atoms with Gasteiger partial charge in [0.2, 0.25) is 0 Å². The number of hydrogen-bond donors (Lipinski definition) is 1. The highest BCUT2D eigenvalue weighted by molar-refractivity contribution is 5.47. The standard InChI is InChI=1S/C15H24N2/c1-3-5-13-7-9-14(10-8-13)17-15-6-4-11-16-12(15)2/h4,6,11,13-14,17H,3,5,7-10H2,1-2H3. The smallest absolute Gasteiger partial charge is 0.0603 e. The van der Waals surface area contributed by atoms with Crippen LogP contribution in [0.2, 0.25) is 0 Å². The summed E-state index contributed by atoms with van der Waals surface area (Å²) in [6.07, 6.45) is 10.0. The molecule has 1 N–H and O–H groups in total. The molecule has 0 atom stereocenters. The second-order valence-electron chi connectivity index (χ2n) is 5.29. The molecule has 2 nitrogen and oxygen atoms in total. The Balaban J connectivity index is 1.84. The average Bonchev–Trinajstić information content (AvgIpc) is 2.35. The zero-order chi connectivity index (χ0) is 12.1. The molecule has 1 saturated carbocycles. The lowest BCUT2D eigenvalue weighted by Gasteiger charge is -2.29. The summed E-state index contributed by atoms with van der Waals surface area (Å²) in [5.74, 6) is 0.980. The number of pyridine rings is 1. The summed E-state index contributed by atoms with van der Waals surface area (Å²) in [5.41, 5.74) is 2.33. The summed E-state index contributed by atoms with van der Waals surface area (Å²) in [6.45, 7) is 4.37. The molecule has 0 aliphatic heterocycles. The van der Waals surface area contributed by atoms with Crippen LogP contribution in [-0.2, 0) is 0 Å². The van der Waals surface area contributed by atoms with Gasteiger partial charge in [-0.3, -0.25) is 4.98 Å². The summed E-state index contributed by atoms with van der Waals surface area (Å²) in [6, 6.07) is 4.81. The molecule has 1 aromatic heterocycles. The zero-order valence-corrected chi connectivity index (χ0v) is 11.1. The largest absolute Gasteiger partial charge is 0.381 e. The van der Waals surface area contributed by atoms with Gasteiger partial charge >= 0.3 is 0 Å². The summed E-state index contributed by atoms with van der Waals surface area (Å²) >= 11 is 0. The minimum Gasteiger partial charge on any atom is -0.381 e. The predicted octanol–water partition coefficient (Wildman–Crippen LogP) is 4.16. The highest BCUT2D eigenvalue weighted by Gasteiger charge is 2.20. The van der Waals surface area contributed by atoms with E-state index in [1.807, 2.05) is 12.3 Å². The average molecular weight is 232 g/mol. The number of hydrogen-bond acceptors (Lipinski definition) is 2. The van der Waals surface area contributed by atoms with Crippen molar-refractivity contribution in [3.05, 3.63) is 24.0 Å². The van der Waals surface area contributed by atoms with Crippen LogP contribution in [0.3, 0.4) is 0 Å². The van der Waals surface area contributed by atoms with Crippen LogP contribution in [0.4, 0.5) is 5.69 Å². The third kappa shape index (κ3) is 3.45. The van der Waals surface area contributed by atoms with Gasteiger partial charge < -0.3 is 5.32 Å². The van der Waals surface area contributed by atoms with Gasteiger partial charge in [0.25, 0.3) is 0 Å². The molecule has 1 aromatic rings. The lowest BCUT2D eigenvalue weighted by atomic mass is 9.83. The molecule has 1 aliphatic rings. The summed E-state index contributed by atoms with van der Waals surface area (Å²) in [4.78, 5) is 4.33. The Morgan fingerprint density at radius 1 is 1.29 bits per heavy atom.